The maximum atomic E-state index is 11.5. The second kappa shape index (κ2) is 8.95. The summed E-state index contributed by atoms with van der Waals surface area (Å²) in [6, 6.07) is -0.241. The highest BCUT2D eigenvalue weighted by Crippen LogP contribution is 2.14. The lowest BCUT2D eigenvalue weighted by molar-refractivity contribution is -0.137. The van der Waals surface area contributed by atoms with E-state index in [0.717, 1.165) is 12.8 Å². The van der Waals surface area contributed by atoms with Gasteiger partial charge in [0.25, 0.3) is 0 Å². The summed E-state index contributed by atoms with van der Waals surface area (Å²) < 4.78 is 0. The number of imidazole rings is 1. The van der Waals surface area contributed by atoms with Crippen LogP contribution in [-0.2, 0) is 11.3 Å². The average molecular weight is 282 g/mol. The molecule has 0 aliphatic rings. The number of hydrogen-bond donors (Lipinski definition) is 4. The summed E-state index contributed by atoms with van der Waals surface area (Å²) in [5.41, 5.74) is 0. The molecule has 0 fully saturated rings. The summed E-state index contributed by atoms with van der Waals surface area (Å²) in [5.74, 6) is 0.261. The summed E-state index contributed by atoms with van der Waals surface area (Å²) in [6.07, 6.45) is 5.87. The molecular formula is C13H22N4O3. The first kappa shape index (κ1) is 16.0. The first-order valence-corrected chi connectivity index (χ1v) is 6.83. The number of carbonyl (C=O) groups excluding carboxylic acids is 1. The van der Waals surface area contributed by atoms with Gasteiger partial charge in [-0.3, -0.25) is 4.79 Å². The van der Waals surface area contributed by atoms with E-state index in [-0.39, 0.29) is 12.5 Å². The molecular weight excluding hydrogens is 260 g/mol. The van der Waals surface area contributed by atoms with Crippen molar-refractivity contribution in [1.82, 2.24) is 20.6 Å². The van der Waals surface area contributed by atoms with Gasteiger partial charge in [-0.15, -0.1) is 0 Å². The van der Waals surface area contributed by atoms with Crippen molar-refractivity contribution in [3.63, 3.8) is 0 Å². The van der Waals surface area contributed by atoms with Crippen molar-refractivity contribution < 1.29 is 14.7 Å². The molecule has 7 heteroatoms. The zero-order chi connectivity index (χ0) is 14.8. The van der Waals surface area contributed by atoms with Crippen molar-refractivity contribution >= 4 is 12.0 Å². The number of aromatic nitrogens is 2. The lowest BCUT2D eigenvalue weighted by Gasteiger charge is -2.14. The number of urea groups is 1. The van der Waals surface area contributed by atoms with Crippen LogP contribution in [0.15, 0.2) is 12.4 Å². The van der Waals surface area contributed by atoms with Gasteiger partial charge in [-0.1, -0.05) is 13.3 Å². The van der Waals surface area contributed by atoms with Crippen LogP contribution in [0.1, 0.15) is 38.4 Å². The smallest absolute Gasteiger partial charge is 0.315 e. The summed E-state index contributed by atoms with van der Waals surface area (Å²) in [7, 11) is 0. The minimum absolute atomic E-state index is 0.184. The molecule has 0 aromatic carbocycles. The number of H-pyrrole nitrogens is 1. The molecule has 0 bridgehead atoms. The third kappa shape index (κ3) is 6.77. The lowest BCUT2D eigenvalue weighted by Crippen LogP contribution is -2.36. The minimum Gasteiger partial charge on any atom is -0.481 e. The van der Waals surface area contributed by atoms with E-state index in [1.165, 1.54) is 0 Å². The number of aliphatic carboxylic acids is 1. The SMILES string of the molecule is CCC(CCNC(=O)NCc1ncc[nH]1)CCC(=O)O. The fraction of sp³-hybridized carbons (Fsp3) is 0.615. The highest BCUT2D eigenvalue weighted by atomic mass is 16.4. The van der Waals surface area contributed by atoms with Gasteiger partial charge in [0, 0.05) is 25.4 Å². The number of carboxylic acids is 1. The van der Waals surface area contributed by atoms with E-state index in [1.807, 2.05) is 6.92 Å². The van der Waals surface area contributed by atoms with E-state index in [9.17, 15) is 9.59 Å². The van der Waals surface area contributed by atoms with Crippen LogP contribution in [0, 0.1) is 5.92 Å². The molecule has 0 saturated heterocycles. The molecule has 2 amide bonds. The topological polar surface area (TPSA) is 107 Å². The Hall–Kier alpha value is -2.05. The molecule has 1 unspecified atom stereocenters. The van der Waals surface area contributed by atoms with E-state index >= 15 is 0 Å². The largest absolute Gasteiger partial charge is 0.481 e. The molecule has 1 aromatic heterocycles. The Bertz CT molecular complexity index is 406. The van der Waals surface area contributed by atoms with Gasteiger partial charge in [0.1, 0.15) is 5.82 Å². The van der Waals surface area contributed by atoms with E-state index in [0.29, 0.717) is 31.3 Å². The van der Waals surface area contributed by atoms with Gasteiger partial charge >= 0.3 is 12.0 Å². The zero-order valence-electron chi connectivity index (χ0n) is 11.7. The molecule has 1 rings (SSSR count). The van der Waals surface area contributed by atoms with Crippen molar-refractivity contribution in [2.45, 2.75) is 39.2 Å². The number of carboxylic acid groups (broad SMARTS) is 1. The molecule has 1 atom stereocenters. The Kier molecular flexibility index (Phi) is 7.16. The number of rotatable bonds is 9. The van der Waals surface area contributed by atoms with Crippen molar-refractivity contribution in [2.75, 3.05) is 6.54 Å². The molecule has 0 aliphatic heterocycles. The van der Waals surface area contributed by atoms with Crippen LogP contribution in [-0.4, -0.2) is 33.6 Å². The number of amides is 2. The van der Waals surface area contributed by atoms with Crippen LogP contribution in [0.5, 0.6) is 0 Å². The fourth-order valence-corrected chi connectivity index (χ4v) is 1.89. The van der Waals surface area contributed by atoms with Gasteiger partial charge in [0.15, 0.2) is 0 Å². The average Bonchev–Trinajstić information content (AvgIpc) is 2.93. The standard InChI is InChI=1S/C13H22N4O3/c1-2-10(3-4-12(18)19)5-6-16-13(20)17-9-11-14-7-8-15-11/h7-8,10H,2-6,9H2,1H3,(H,14,15)(H,18,19)(H2,16,17,20). The van der Waals surface area contributed by atoms with E-state index < -0.39 is 5.97 Å². The Morgan fingerprint density at radius 1 is 1.40 bits per heavy atom. The minimum atomic E-state index is -0.771. The van der Waals surface area contributed by atoms with Gasteiger partial charge in [-0.2, -0.15) is 0 Å². The molecule has 0 spiro atoms. The van der Waals surface area contributed by atoms with Crippen molar-refractivity contribution in [1.29, 1.82) is 0 Å². The Labute approximate surface area is 118 Å². The van der Waals surface area contributed by atoms with Crippen LogP contribution in [0.3, 0.4) is 0 Å². The quantitative estimate of drug-likeness (QED) is 0.550. The van der Waals surface area contributed by atoms with Crippen LogP contribution >= 0.6 is 0 Å². The second-order valence-electron chi connectivity index (χ2n) is 4.64. The van der Waals surface area contributed by atoms with Crippen LogP contribution < -0.4 is 10.6 Å². The normalized spacial score (nSPS) is 11.8. The van der Waals surface area contributed by atoms with Crippen LogP contribution in [0.2, 0.25) is 0 Å². The monoisotopic (exact) mass is 282 g/mol. The number of hydrogen-bond acceptors (Lipinski definition) is 3. The van der Waals surface area contributed by atoms with Crippen LogP contribution in [0.25, 0.3) is 0 Å². The molecule has 4 N–H and O–H groups in total. The van der Waals surface area contributed by atoms with E-state index in [4.69, 9.17) is 5.11 Å². The molecule has 1 aromatic rings. The van der Waals surface area contributed by atoms with Crippen LogP contribution in [0.4, 0.5) is 4.79 Å². The molecule has 0 saturated carbocycles. The molecule has 20 heavy (non-hydrogen) atoms. The molecule has 0 radical (unpaired) electrons. The molecule has 112 valence electrons. The highest BCUT2D eigenvalue weighted by Gasteiger charge is 2.09. The summed E-state index contributed by atoms with van der Waals surface area (Å²) in [6.45, 7) is 2.93. The van der Waals surface area contributed by atoms with E-state index in [1.54, 1.807) is 12.4 Å². The maximum absolute atomic E-state index is 11.5. The van der Waals surface area contributed by atoms with Gasteiger partial charge in [0.2, 0.25) is 0 Å². The van der Waals surface area contributed by atoms with Gasteiger partial charge in [-0.05, 0) is 18.8 Å². The first-order valence-electron chi connectivity index (χ1n) is 6.83. The Morgan fingerprint density at radius 3 is 2.80 bits per heavy atom. The summed E-state index contributed by atoms with van der Waals surface area (Å²) in [4.78, 5) is 28.9. The first-order chi connectivity index (χ1) is 9.61. The number of carbonyl (C=O) groups is 2. The highest BCUT2D eigenvalue weighted by molar-refractivity contribution is 5.73. The third-order valence-electron chi connectivity index (χ3n) is 3.15. The molecule has 0 aliphatic carbocycles. The van der Waals surface area contributed by atoms with E-state index in [2.05, 4.69) is 20.6 Å². The number of nitrogens with zero attached hydrogens (tertiary/aromatic N) is 1. The Morgan fingerprint density at radius 2 is 2.20 bits per heavy atom. The predicted molar refractivity (Wildman–Crippen MR) is 74.1 cm³/mol. The molecule has 1 heterocycles. The summed E-state index contributed by atoms with van der Waals surface area (Å²) >= 11 is 0. The zero-order valence-corrected chi connectivity index (χ0v) is 11.7. The number of aromatic amines is 1. The van der Waals surface area contributed by atoms with Crippen molar-refractivity contribution in [3.8, 4) is 0 Å². The predicted octanol–water partition coefficient (Wildman–Crippen LogP) is 1.49. The van der Waals surface area contributed by atoms with Gasteiger partial charge in [-0.25, -0.2) is 9.78 Å². The van der Waals surface area contributed by atoms with Gasteiger partial charge < -0.3 is 20.7 Å². The Balaban J connectivity index is 2.11. The van der Waals surface area contributed by atoms with Crippen molar-refractivity contribution in [3.05, 3.63) is 18.2 Å². The van der Waals surface area contributed by atoms with Gasteiger partial charge in [0.05, 0.1) is 6.54 Å². The summed E-state index contributed by atoms with van der Waals surface area (Å²) in [5, 5.41) is 14.1. The maximum Gasteiger partial charge on any atom is 0.315 e. The third-order valence-corrected chi connectivity index (χ3v) is 3.15. The number of nitrogens with one attached hydrogen (secondary N) is 3. The second-order valence-corrected chi connectivity index (χ2v) is 4.64. The molecule has 7 nitrogen and oxygen atoms in total. The van der Waals surface area contributed by atoms with Crippen molar-refractivity contribution in [2.24, 2.45) is 5.92 Å². The fourth-order valence-electron chi connectivity index (χ4n) is 1.89. The lowest BCUT2D eigenvalue weighted by atomic mass is 9.97.